The average molecular weight is 485 g/mol. The van der Waals surface area contributed by atoms with E-state index in [1.807, 2.05) is 18.2 Å². The van der Waals surface area contributed by atoms with Crippen molar-refractivity contribution in [1.29, 1.82) is 0 Å². The number of aromatic nitrogens is 1. The van der Waals surface area contributed by atoms with Crippen LogP contribution in [0.1, 0.15) is 11.1 Å². The molecule has 1 aliphatic heterocycles. The largest absolute Gasteiger partial charge is 0.493 e. The van der Waals surface area contributed by atoms with Crippen LogP contribution >= 0.6 is 0 Å². The summed E-state index contributed by atoms with van der Waals surface area (Å²) in [6.45, 7) is -0.678. The fraction of sp³-hybridized carbons (Fsp3) is 0.348. The van der Waals surface area contributed by atoms with Gasteiger partial charge in [0.2, 0.25) is 5.91 Å². The minimum Gasteiger partial charge on any atom is -0.493 e. The van der Waals surface area contributed by atoms with Crippen LogP contribution in [0.5, 0.6) is 5.75 Å². The number of alkyl halides is 6. The highest BCUT2D eigenvalue weighted by Crippen LogP contribution is 2.31. The van der Waals surface area contributed by atoms with Gasteiger partial charge in [-0.3, -0.25) is 9.69 Å². The Bertz CT molecular complexity index is 1150. The van der Waals surface area contributed by atoms with E-state index < -0.39 is 30.4 Å². The van der Waals surface area contributed by atoms with E-state index in [-0.39, 0.29) is 25.6 Å². The first-order chi connectivity index (χ1) is 16.0. The normalized spacial score (nSPS) is 15.4. The lowest BCUT2D eigenvalue weighted by Gasteiger charge is -2.38. The summed E-state index contributed by atoms with van der Waals surface area (Å²) in [5.41, 5.74) is 1.44. The smallest absolute Gasteiger partial charge is 0.416 e. The minimum atomic E-state index is -4.40. The van der Waals surface area contributed by atoms with Gasteiger partial charge in [0, 0.05) is 36.6 Å². The van der Waals surface area contributed by atoms with E-state index in [2.05, 4.69) is 10.3 Å². The number of fused-ring (bicyclic) bond motifs is 1. The van der Waals surface area contributed by atoms with E-state index in [1.165, 1.54) is 17.0 Å². The summed E-state index contributed by atoms with van der Waals surface area (Å²) in [6, 6.07) is 9.99. The Balaban J connectivity index is 1.32. The number of hydrogen-bond donors (Lipinski definition) is 2. The molecule has 1 aliphatic rings. The number of amides is 1. The molecule has 1 amide bonds. The maximum absolute atomic E-state index is 12.6. The Morgan fingerprint density at radius 2 is 1.76 bits per heavy atom. The van der Waals surface area contributed by atoms with E-state index in [4.69, 9.17) is 4.74 Å². The summed E-state index contributed by atoms with van der Waals surface area (Å²) < 4.78 is 80.7. The van der Waals surface area contributed by atoms with Crippen LogP contribution in [0.2, 0.25) is 0 Å². The molecule has 4 rings (SSSR count). The Hall–Kier alpha value is -3.21. The van der Waals surface area contributed by atoms with Crippen LogP contribution in [-0.2, 0) is 17.4 Å². The topological polar surface area (TPSA) is 57.4 Å². The molecule has 2 aromatic carbocycles. The first kappa shape index (κ1) is 23.9. The average Bonchev–Trinajstić information content (AvgIpc) is 3.11. The highest BCUT2D eigenvalue weighted by atomic mass is 19.4. The van der Waals surface area contributed by atoms with Gasteiger partial charge < -0.3 is 15.0 Å². The van der Waals surface area contributed by atoms with Crippen molar-refractivity contribution < 1.29 is 35.9 Å². The molecule has 2 heterocycles. The summed E-state index contributed by atoms with van der Waals surface area (Å²) >= 11 is 0. The third-order valence-electron chi connectivity index (χ3n) is 5.58. The molecule has 1 saturated heterocycles. The van der Waals surface area contributed by atoms with Crippen molar-refractivity contribution in [2.45, 2.75) is 18.8 Å². The van der Waals surface area contributed by atoms with Gasteiger partial charge in [-0.25, -0.2) is 0 Å². The van der Waals surface area contributed by atoms with Crippen molar-refractivity contribution in [2.75, 3.05) is 31.6 Å². The minimum absolute atomic E-state index is 0.0558. The first-order valence-corrected chi connectivity index (χ1v) is 10.5. The number of nitrogens with zero attached hydrogens (tertiary/aromatic N) is 1. The van der Waals surface area contributed by atoms with E-state index in [9.17, 15) is 31.1 Å². The highest BCUT2D eigenvalue weighted by Gasteiger charge is 2.39. The quantitative estimate of drug-likeness (QED) is 0.450. The number of anilines is 1. The van der Waals surface area contributed by atoms with Crippen molar-refractivity contribution in [3.8, 4) is 5.75 Å². The predicted octanol–water partition coefficient (Wildman–Crippen LogP) is 5.24. The van der Waals surface area contributed by atoms with Gasteiger partial charge in [-0.1, -0.05) is 6.07 Å². The molecule has 0 atom stereocenters. The standard InChI is InChI=1S/C23H21F6N3O2/c24-22(25,26)13-32-11-15(12-32)21(33)31-20-10-30-19-6-1-14(9-18(19)20)7-8-34-17-4-2-16(3-5-17)23(27,28)29/h1-6,9-10,15,30H,7-8,11-13H2,(H,31,33). The van der Waals surface area contributed by atoms with Gasteiger partial charge in [0.1, 0.15) is 5.75 Å². The predicted molar refractivity (Wildman–Crippen MR) is 114 cm³/mol. The summed E-state index contributed by atoms with van der Waals surface area (Å²) in [5.74, 6) is -0.522. The Morgan fingerprint density at radius 3 is 2.41 bits per heavy atom. The zero-order chi connectivity index (χ0) is 24.5. The fourth-order valence-electron chi connectivity index (χ4n) is 3.81. The number of rotatable bonds is 7. The lowest BCUT2D eigenvalue weighted by molar-refractivity contribution is -0.162. The SMILES string of the molecule is O=C(Nc1c[nH]c2ccc(CCOc3ccc(C(F)(F)F)cc3)cc12)C1CN(CC(F)(F)F)C1. The molecule has 1 aromatic heterocycles. The maximum atomic E-state index is 12.6. The van der Waals surface area contributed by atoms with Crippen molar-refractivity contribution in [3.05, 3.63) is 59.8 Å². The zero-order valence-corrected chi connectivity index (χ0v) is 17.8. The number of hydrogen-bond acceptors (Lipinski definition) is 3. The van der Waals surface area contributed by atoms with Crippen molar-refractivity contribution >= 4 is 22.5 Å². The van der Waals surface area contributed by atoms with E-state index in [1.54, 1.807) is 6.20 Å². The third-order valence-corrected chi connectivity index (χ3v) is 5.58. The molecule has 34 heavy (non-hydrogen) atoms. The molecule has 3 aromatic rings. The Labute approximate surface area is 190 Å². The number of benzene rings is 2. The van der Waals surface area contributed by atoms with Gasteiger partial charge in [-0.15, -0.1) is 0 Å². The number of nitrogens with one attached hydrogen (secondary N) is 2. The molecule has 11 heteroatoms. The second kappa shape index (κ2) is 9.21. The van der Waals surface area contributed by atoms with Crippen LogP contribution in [0.4, 0.5) is 32.0 Å². The monoisotopic (exact) mass is 485 g/mol. The number of ether oxygens (including phenoxy) is 1. The van der Waals surface area contributed by atoms with E-state index >= 15 is 0 Å². The Morgan fingerprint density at radius 1 is 1.06 bits per heavy atom. The second-order valence-corrected chi connectivity index (χ2v) is 8.20. The molecule has 0 unspecified atom stereocenters. The molecule has 0 bridgehead atoms. The lowest BCUT2D eigenvalue weighted by Crippen LogP contribution is -2.54. The first-order valence-electron chi connectivity index (χ1n) is 10.5. The maximum Gasteiger partial charge on any atom is 0.416 e. The second-order valence-electron chi connectivity index (χ2n) is 8.20. The molecule has 5 nitrogen and oxygen atoms in total. The fourth-order valence-corrected chi connectivity index (χ4v) is 3.81. The Kier molecular flexibility index (Phi) is 6.48. The van der Waals surface area contributed by atoms with Gasteiger partial charge >= 0.3 is 12.4 Å². The summed E-state index contributed by atoms with van der Waals surface area (Å²) in [5, 5.41) is 3.52. The van der Waals surface area contributed by atoms with Crippen LogP contribution in [0, 0.1) is 5.92 Å². The molecule has 1 fully saturated rings. The van der Waals surface area contributed by atoms with Gasteiger partial charge in [-0.05, 0) is 42.0 Å². The van der Waals surface area contributed by atoms with Crippen molar-refractivity contribution in [3.63, 3.8) is 0 Å². The molecule has 0 aliphatic carbocycles. The molecule has 0 radical (unpaired) electrons. The van der Waals surface area contributed by atoms with E-state index in [0.29, 0.717) is 17.9 Å². The number of carbonyl (C=O) groups is 1. The van der Waals surface area contributed by atoms with Crippen LogP contribution in [-0.4, -0.2) is 48.2 Å². The third kappa shape index (κ3) is 5.82. The molecular formula is C23H21F6N3O2. The number of likely N-dealkylation sites (tertiary alicyclic amines) is 1. The van der Waals surface area contributed by atoms with Gasteiger partial charge in [0.05, 0.1) is 30.3 Å². The van der Waals surface area contributed by atoms with E-state index in [0.717, 1.165) is 28.6 Å². The number of H-pyrrole nitrogens is 1. The van der Waals surface area contributed by atoms with Crippen LogP contribution < -0.4 is 10.1 Å². The van der Waals surface area contributed by atoms with Gasteiger partial charge in [-0.2, -0.15) is 26.3 Å². The van der Waals surface area contributed by atoms with Gasteiger partial charge in [0.15, 0.2) is 0 Å². The summed E-state index contributed by atoms with van der Waals surface area (Å²) in [6.07, 6.45) is -6.59. The van der Waals surface area contributed by atoms with Gasteiger partial charge in [0.25, 0.3) is 0 Å². The lowest BCUT2D eigenvalue weighted by atomic mass is 9.99. The highest BCUT2D eigenvalue weighted by molar-refractivity contribution is 6.02. The number of halogens is 6. The van der Waals surface area contributed by atoms with Crippen molar-refractivity contribution in [1.82, 2.24) is 9.88 Å². The number of carbonyl (C=O) groups excluding carboxylic acids is 1. The molecule has 2 N–H and O–H groups in total. The molecule has 0 spiro atoms. The number of aromatic amines is 1. The molecule has 0 saturated carbocycles. The van der Waals surface area contributed by atoms with Crippen LogP contribution in [0.3, 0.4) is 0 Å². The molecule has 182 valence electrons. The molecular weight excluding hydrogens is 464 g/mol. The zero-order valence-electron chi connectivity index (χ0n) is 17.8. The summed E-state index contributed by atoms with van der Waals surface area (Å²) in [4.78, 5) is 16.6. The van der Waals surface area contributed by atoms with Crippen LogP contribution in [0.15, 0.2) is 48.7 Å². The summed E-state index contributed by atoms with van der Waals surface area (Å²) in [7, 11) is 0. The van der Waals surface area contributed by atoms with Crippen molar-refractivity contribution in [2.24, 2.45) is 5.92 Å². The van der Waals surface area contributed by atoms with Crippen LogP contribution in [0.25, 0.3) is 10.9 Å².